The van der Waals surface area contributed by atoms with Crippen molar-refractivity contribution in [3.05, 3.63) is 71.3 Å². The van der Waals surface area contributed by atoms with E-state index in [1.165, 1.54) is 5.56 Å². The zero-order valence-electron chi connectivity index (χ0n) is 13.5. The van der Waals surface area contributed by atoms with Gasteiger partial charge in [0.05, 0.1) is 5.92 Å². The van der Waals surface area contributed by atoms with Crippen molar-refractivity contribution >= 4 is 11.9 Å². The lowest BCUT2D eigenvalue weighted by molar-refractivity contribution is -0.141. The molecule has 1 aliphatic rings. The molecule has 0 aromatic heterocycles. The van der Waals surface area contributed by atoms with E-state index in [1.54, 1.807) is 4.90 Å². The summed E-state index contributed by atoms with van der Waals surface area (Å²) >= 11 is 0. The Balaban J connectivity index is 1.72. The van der Waals surface area contributed by atoms with E-state index in [4.69, 9.17) is 5.11 Å². The van der Waals surface area contributed by atoms with Crippen molar-refractivity contribution in [1.82, 2.24) is 4.90 Å². The van der Waals surface area contributed by atoms with Gasteiger partial charge in [0.15, 0.2) is 0 Å². The molecule has 1 atom stereocenters. The third-order valence-electron chi connectivity index (χ3n) is 4.60. The van der Waals surface area contributed by atoms with Crippen molar-refractivity contribution in [3.8, 4) is 0 Å². The number of aryl methyl sites for hydroxylation is 2. The summed E-state index contributed by atoms with van der Waals surface area (Å²) in [5.41, 5.74) is 2.96. The molecule has 2 aromatic rings. The third-order valence-corrected chi connectivity index (χ3v) is 4.60. The van der Waals surface area contributed by atoms with Gasteiger partial charge in [-0.15, -0.1) is 0 Å². The van der Waals surface area contributed by atoms with Crippen molar-refractivity contribution < 1.29 is 14.7 Å². The van der Waals surface area contributed by atoms with Crippen LogP contribution in [0, 0.1) is 5.92 Å². The fraction of sp³-hybridized carbons (Fsp3) is 0.300. The zero-order valence-corrected chi connectivity index (χ0v) is 13.5. The molecule has 1 unspecified atom stereocenters. The standard InChI is InChI=1S/C20H21NO3/c22-19(21-13-12-17(14-21)20(23)24)18-9-5-4-8-16(18)11-10-15-6-2-1-3-7-15/h1-9,17H,10-14H2,(H,23,24). The first kappa shape index (κ1) is 16.2. The summed E-state index contributed by atoms with van der Waals surface area (Å²) in [5, 5.41) is 9.11. The number of likely N-dealkylation sites (tertiary alicyclic amines) is 1. The van der Waals surface area contributed by atoms with Crippen LogP contribution in [-0.2, 0) is 17.6 Å². The summed E-state index contributed by atoms with van der Waals surface area (Å²) in [4.78, 5) is 25.5. The van der Waals surface area contributed by atoms with Crippen LogP contribution in [0.3, 0.4) is 0 Å². The number of carbonyl (C=O) groups is 2. The monoisotopic (exact) mass is 323 g/mol. The summed E-state index contributed by atoms with van der Waals surface area (Å²) in [5.74, 6) is -1.31. The molecular formula is C20H21NO3. The molecule has 1 saturated heterocycles. The maximum absolute atomic E-state index is 12.8. The normalized spacial score (nSPS) is 17.0. The molecule has 124 valence electrons. The highest BCUT2D eigenvalue weighted by Crippen LogP contribution is 2.21. The molecule has 3 rings (SSSR count). The van der Waals surface area contributed by atoms with Crippen LogP contribution < -0.4 is 0 Å². The van der Waals surface area contributed by atoms with Crippen molar-refractivity contribution in [2.24, 2.45) is 5.92 Å². The average Bonchev–Trinajstić information content (AvgIpc) is 3.11. The van der Waals surface area contributed by atoms with Gasteiger partial charge in [-0.05, 0) is 36.5 Å². The Kier molecular flexibility index (Phi) is 4.94. The minimum atomic E-state index is -0.817. The maximum Gasteiger partial charge on any atom is 0.308 e. The van der Waals surface area contributed by atoms with Crippen LogP contribution in [0.2, 0.25) is 0 Å². The van der Waals surface area contributed by atoms with Gasteiger partial charge in [-0.3, -0.25) is 9.59 Å². The van der Waals surface area contributed by atoms with E-state index >= 15 is 0 Å². The molecule has 1 amide bonds. The van der Waals surface area contributed by atoms with Gasteiger partial charge in [0.2, 0.25) is 0 Å². The molecule has 1 aliphatic heterocycles. The molecule has 0 radical (unpaired) electrons. The number of rotatable bonds is 5. The third kappa shape index (κ3) is 3.65. The van der Waals surface area contributed by atoms with E-state index < -0.39 is 11.9 Å². The highest BCUT2D eigenvalue weighted by atomic mass is 16.4. The smallest absolute Gasteiger partial charge is 0.308 e. The van der Waals surface area contributed by atoms with Crippen molar-refractivity contribution in [1.29, 1.82) is 0 Å². The minimum absolute atomic E-state index is 0.0533. The lowest BCUT2D eigenvalue weighted by Gasteiger charge is -2.18. The summed E-state index contributed by atoms with van der Waals surface area (Å²) in [7, 11) is 0. The van der Waals surface area contributed by atoms with E-state index in [9.17, 15) is 9.59 Å². The second-order valence-corrected chi connectivity index (χ2v) is 6.22. The summed E-state index contributed by atoms with van der Waals surface area (Å²) in [6.45, 7) is 0.823. The zero-order chi connectivity index (χ0) is 16.9. The van der Waals surface area contributed by atoms with E-state index in [0.717, 1.165) is 18.4 Å². The fourth-order valence-electron chi connectivity index (χ4n) is 3.19. The SMILES string of the molecule is O=C(O)C1CCN(C(=O)c2ccccc2CCc2ccccc2)C1. The number of carbonyl (C=O) groups excluding carboxylic acids is 1. The molecule has 1 heterocycles. The Morgan fingerprint density at radius 2 is 1.71 bits per heavy atom. The van der Waals surface area contributed by atoms with E-state index in [0.29, 0.717) is 25.1 Å². The van der Waals surface area contributed by atoms with Gasteiger partial charge in [-0.25, -0.2) is 0 Å². The lowest BCUT2D eigenvalue weighted by Crippen LogP contribution is -2.30. The Hall–Kier alpha value is -2.62. The van der Waals surface area contributed by atoms with Gasteiger partial charge in [-0.2, -0.15) is 0 Å². The average molecular weight is 323 g/mol. The van der Waals surface area contributed by atoms with Crippen LogP contribution in [-0.4, -0.2) is 35.0 Å². The number of hydrogen-bond donors (Lipinski definition) is 1. The lowest BCUT2D eigenvalue weighted by atomic mass is 9.99. The van der Waals surface area contributed by atoms with Crippen LogP contribution in [0.15, 0.2) is 54.6 Å². The minimum Gasteiger partial charge on any atom is -0.481 e. The van der Waals surface area contributed by atoms with Gasteiger partial charge in [0, 0.05) is 18.7 Å². The van der Waals surface area contributed by atoms with Gasteiger partial charge >= 0.3 is 5.97 Å². The molecule has 24 heavy (non-hydrogen) atoms. The number of benzene rings is 2. The topological polar surface area (TPSA) is 57.6 Å². The fourth-order valence-corrected chi connectivity index (χ4v) is 3.19. The first-order chi connectivity index (χ1) is 11.6. The largest absolute Gasteiger partial charge is 0.481 e. The van der Waals surface area contributed by atoms with Gasteiger partial charge < -0.3 is 10.0 Å². The number of carboxylic acid groups (broad SMARTS) is 1. The molecule has 4 nitrogen and oxygen atoms in total. The summed E-state index contributed by atoms with van der Waals surface area (Å²) in [6.07, 6.45) is 2.21. The number of carboxylic acids is 1. The number of aliphatic carboxylic acids is 1. The molecule has 1 N–H and O–H groups in total. The Bertz CT molecular complexity index is 727. The molecule has 4 heteroatoms. The highest BCUT2D eigenvalue weighted by molar-refractivity contribution is 5.96. The molecule has 0 spiro atoms. The van der Waals surface area contributed by atoms with Crippen LogP contribution in [0.5, 0.6) is 0 Å². The van der Waals surface area contributed by atoms with Crippen molar-refractivity contribution in [3.63, 3.8) is 0 Å². The Morgan fingerprint density at radius 1 is 1.00 bits per heavy atom. The summed E-state index contributed by atoms with van der Waals surface area (Å²) in [6, 6.07) is 17.8. The van der Waals surface area contributed by atoms with Crippen LogP contribution in [0.4, 0.5) is 0 Å². The maximum atomic E-state index is 12.8. The molecule has 0 aliphatic carbocycles. The van der Waals surface area contributed by atoms with E-state index in [-0.39, 0.29) is 5.91 Å². The number of amides is 1. The Morgan fingerprint density at radius 3 is 2.42 bits per heavy atom. The van der Waals surface area contributed by atoms with Gasteiger partial charge in [0.1, 0.15) is 0 Å². The van der Waals surface area contributed by atoms with Gasteiger partial charge in [0.25, 0.3) is 5.91 Å². The van der Waals surface area contributed by atoms with Crippen LogP contribution in [0.1, 0.15) is 27.9 Å². The van der Waals surface area contributed by atoms with Crippen LogP contribution >= 0.6 is 0 Å². The molecule has 1 fully saturated rings. The Labute approximate surface area is 141 Å². The predicted octanol–water partition coefficient (Wildman–Crippen LogP) is 3.02. The van der Waals surface area contributed by atoms with Gasteiger partial charge in [-0.1, -0.05) is 48.5 Å². The van der Waals surface area contributed by atoms with Crippen molar-refractivity contribution in [2.45, 2.75) is 19.3 Å². The first-order valence-corrected chi connectivity index (χ1v) is 8.29. The molecule has 0 saturated carbocycles. The van der Waals surface area contributed by atoms with Crippen LogP contribution in [0.25, 0.3) is 0 Å². The van der Waals surface area contributed by atoms with Crippen molar-refractivity contribution in [2.75, 3.05) is 13.1 Å². The number of hydrogen-bond acceptors (Lipinski definition) is 2. The van der Waals surface area contributed by atoms with E-state index in [1.807, 2.05) is 42.5 Å². The predicted molar refractivity (Wildman–Crippen MR) is 91.9 cm³/mol. The molecule has 0 bridgehead atoms. The molecule has 2 aromatic carbocycles. The molecular weight excluding hydrogens is 302 g/mol. The first-order valence-electron chi connectivity index (χ1n) is 8.29. The van der Waals surface area contributed by atoms with E-state index in [2.05, 4.69) is 12.1 Å². The second kappa shape index (κ2) is 7.30. The summed E-state index contributed by atoms with van der Waals surface area (Å²) < 4.78 is 0. The quantitative estimate of drug-likeness (QED) is 0.920. The number of nitrogens with zero attached hydrogens (tertiary/aromatic N) is 1. The highest BCUT2D eigenvalue weighted by Gasteiger charge is 2.31. The second-order valence-electron chi connectivity index (χ2n) is 6.22.